The summed E-state index contributed by atoms with van der Waals surface area (Å²) in [5.41, 5.74) is 2.33. The molecule has 124 valence electrons. The molecule has 1 amide bonds. The summed E-state index contributed by atoms with van der Waals surface area (Å²) in [6, 6.07) is 11.3. The predicted octanol–water partition coefficient (Wildman–Crippen LogP) is 2.11. The number of carbonyl (C=O) groups is 1. The lowest BCUT2D eigenvalue weighted by Gasteiger charge is -2.07. The second-order valence-electron chi connectivity index (χ2n) is 5.36. The fraction of sp³-hybridized carbons (Fsp3) is 0.188. The molecule has 0 saturated carbocycles. The molecule has 0 atom stereocenters. The van der Waals surface area contributed by atoms with E-state index in [2.05, 4.69) is 15.6 Å². The molecule has 0 fully saturated rings. The van der Waals surface area contributed by atoms with E-state index >= 15 is 0 Å². The molecule has 0 spiro atoms. The maximum atomic E-state index is 12.4. The Morgan fingerprint density at radius 1 is 1.21 bits per heavy atom. The Balaban J connectivity index is 1.87. The van der Waals surface area contributed by atoms with Crippen LogP contribution in [0, 0.1) is 0 Å². The molecule has 0 unspecified atom stereocenters. The van der Waals surface area contributed by atoms with Crippen LogP contribution in [0.2, 0.25) is 0 Å². The molecule has 0 bridgehead atoms. The van der Waals surface area contributed by atoms with E-state index in [0.29, 0.717) is 23.3 Å². The molecule has 3 aromatic rings. The van der Waals surface area contributed by atoms with Crippen molar-refractivity contribution < 1.29 is 13.2 Å². The van der Waals surface area contributed by atoms with E-state index in [0.717, 1.165) is 11.8 Å². The van der Waals surface area contributed by atoms with Gasteiger partial charge in [0.15, 0.2) is 9.84 Å². The lowest BCUT2D eigenvalue weighted by molar-refractivity contribution is 0.102. The van der Waals surface area contributed by atoms with Gasteiger partial charge in [0.25, 0.3) is 5.91 Å². The van der Waals surface area contributed by atoms with Gasteiger partial charge in [-0.05, 0) is 43.3 Å². The Morgan fingerprint density at radius 2 is 2.00 bits per heavy atom. The molecule has 0 saturated heterocycles. The summed E-state index contributed by atoms with van der Waals surface area (Å²) in [7, 11) is -3.33. The molecule has 0 aliphatic carbocycles. The fourth-order valence-corrected chi connectivity index (χ4v) is 3.02. The van der Waals surface area contributed by atoms with Gasteiger partial charge >= 0.3 is 0 Å². The number of amides is 1. The first kappa shape index (κ1) is 16.1. The Hall–Kier alpha value is -2.74. The number of hydrogen-bond acceptors (Lipinski definition) is 5. The first-order chi connectivity index (χ1) is 11.4. The molecule has 0 radical (unpaired) electrons. The number of benzene rings is 2. The first-order valence-electron chi connectivity index (χ1n) is 7.33. The van der Waals surface area contributed by atoms with Crippen molar-refractivity contribution in [2.45, 2.75) is 18.4 Å². The van der Waals surface area contributed by atoms with E-state index < -0.39 is 9.84 Å². The third-order valence-electron chi connectivity index (χ3n) is 3.60. The number of nitrogens with zero attached hydrogens (tertiary/aromatic N) is 3. The molecular weight excluding hydrogens is 328 g/mol. The Morgan fingerprint density at radius 3 is 2.71 bits per heavy atom. The van der Waals surface area contributed by atoms with Gasteiger partial charge in [-0.2, -0.15) is 0 Å². The van der Waals surface area contributed by atoms with Crippen molar-refractivity contribution in [3.63, 3.8) is 0 Å². The molecule has 3 rings (SSSR count). The highest BCUT2D eigenvalue weighted by Crippen LogP contribution is 2.18. The largest absolute Gasteiger partial charge is 0.322 e. The zero-order valence-corrected chi connectivity index (χ0v) is 14.0. The lowest BCUT2D eigenvalue weighted by Crippen LogP contribution is -2.12. The van der Waals surface area contributed by atoms with Crippen molar-refractivity contribution in [1.82, 2.24) is 15.0 Å². The molecule has 7 nitrogen and oxygen atoms in total. The van der Waals surface area contributed by atoms with Gasteiger partial charge in [-0.1, -0.05) is 11.3 Å². The molecule has 2 aromatic carbocycles. The molecule has 1 heterocycles. The summed E-state index contributed by atoms with van der Waals surface area (Å²) in [5, 5.41) is 10.7. The van der Waals surface area contributed by atoms with E-state index in [9.17, 15) is 13.2 Å². The third-order valence-corrected chi connectivity index (χ3v) is 4.71. The molecule has 24 heavy (non-hydrogen) atoms. The normalized spacial score (nSPS) is 11.6. The van der Waals surface area contributed by atoms with Gasteiger partial charge in [-0.3, -0.25) is 4.79 Å². The summed E-state index contributed by atoms with van der Waals surface area (Å²) in [4.78, 5) is 12.5. The zero-order valence-electron chi connectivity index (χ0n) is 13.2. The Kier molecular flexibility index (Phi) is 4.06. The van der Waals surface area contributed by atoms with E-state index in [4.69, 9.17) is 0 Å². The van der Waals surface area contributed by atoms with Crippen LogP contribution >= 0.6 is 0 Å². The van der Waals surface area contributed by atoms with Crippen LogP contribution in [0.3, 0.4) is 0 Å². The highest BCUT2D eigenvalue weighted by atomic mass is 32.2. The highest BCUT2D eigenvalue weighted by Gasteiger charge is 2.12. The van der Waals surface area contributed by atoms with Crippen LogP contribution in [0.15, 0.2) is 47.4 Å². The van der Waals surface area contributed by atoms with Gasteiger partial charge in [0.05, 0.1) is 10.4 Å². The minimum absolute atomic E-state index is 0.154. The number of aromatic nitrogens is 3. The number of fused-ring (bicyclic) bond motifs is 1. The van der Waals surface area contributed by atoms with Crippen molar-refractivity contribution in [3.05, 3.63) is 48.0 Å². The van der Waals surface area contributed by atoms with E-state index in [1.54, 1.807) is 35.0 Å². The van der Waals surface area contributed by atoms with E-state index in [1.165, 1.54) is 12.1 Å². The summed E-state index contributed by atoms with van der Waals surface area (Å²) < 4.78 is 24.9. The van der Waals surface area contributed by atoms with Crippen molar-refractivity contribution >= 4 is 32.5 Å². The number of rotatable bonds is 4. The van der Waals surface area contributed by atoms with Crippen LogP contribution in [0.4, 0.5) is 5.69 Å². The second kappa shape index (κ2) is 6.04. The standard InChI is InChI=1S/C16H16N4O3S/c1-3-20-15-8-7-11(9-14(15)18-19-20)16(21)17-12-5-4-6-13(10-12)24(2,22)23/h4-10H,3H2,1-2H3,(H,17,21). The predicted molar refractivity (Wildman–Crippen MR) is 90.7 cm³/mol. The number of hydrogen-bond donors (Lipinski definition) is 1. The van der Waals surface area contributed by atoms with Crippen molar-refractivity contribution in [3.8, 4) is 0 Å². The number of carbonyl (C=O) groups excluding carboxylic acids is 1. The maximum Gasteiger partial charge on any atom is 0.255 e. The molecule has 0 aliphatic rings. The summed E-state index contributed by atoms with van der Waals surface area (Å²) in [6.07, 6.45) is 1.12. The summed E-state index contributed by atoms with van der Waals surface area (Å²) in [5.74, 6) is -0.339. The van der Waals surface area contributed by atoms with Crippen LogP contribution in [-0.2, 0) is 16.4 Å². The Labute approximate surface area is 139 Å². The molecule has 8 heteroatoms. The van der Waals surface area contributed by atoms with Crippen LogP contribution in [0.1, 0.15) is 17.3 Å². The SMILES string of the molecule is CCn1nnc2cc(C(=O)Nc3cccc(S(C)(=O)=O)c3)ccc21. The van der Waals surface area contributed by atoms with Crippen molar-refractivity contribution in [2.75, 3.05) is 11.6 Å². The van der Waals surface area contributed by atoms with Gasteiger partial charge in [-0.15, -0.1) is 5.10 Å². The van der Waals surface area contributed by atoms with Crippen molar-refractivity contribution in [2.24, 2.45) is 0 Å². The monoisotopic (exact) mass is 344 g/mol. The van der Waals surface area contributed by atoms with Crippen molar-refractivity contribution in [1.29, 1.82) is 0 Å². The smallest absolute Gasteiger partial charge is 0.255 e. The zero-order chi connectivity index (χ0) is 17.3. The fourth-order valence-electron chi connectivity index (χ4n) is 2.35. The van der Waals surface area contributed by atoms with Gasteiger partial charge in [0, 0.05) is 24.1 Å². The first-order valence-corrected chi connectivity index (χ1v) is 9.22. The summed E-state index contributed by atoms with van der Waals surface area (Å²) in [6.45, 7) is 2.66. The molecular formula is C16H16N4O3S. The average molecular weight is 344 g/mol. The number of sulfone groups is 1. The van der Waals surface area contributed by atoms with E-state index in [-0.39, 0.29) is 10.8 Å². The minimum Gasteiger partial charge on any atom is -0.322 e. The topological polar surface area (TPSA) is 93.9 Å². The number of anilines is 1. The second-order valence-corrected chi connectivity index (χ2v) is 7.38. The Bertz CT molecular complexity index is 1020. The number of aryl methyl sites for hydroxylation is 1. The van der Waals surface area contributed by atoms with Crippen LogP contribution < -0.4 is 5.32 Å². The molecule has 1 N–H and O–H groups in total. The maximum absolute atomic E-state index is 12.4. The highest BCUT2D eigenvalue weighted by molar-refractivity contribution is 7.90. The van der Waals surface area contributed by atoms with Crippen LogP contribution in [0.5, 0.6) is 0 Å². The van der Waals surface area contributed by atoms with Gasteiger partial charge in [-0.25, -0.2) is 13.1 Å². The average Bonchev–Trinajstić information content (AvgIpc) is 2.96. The van der Waals surface area contributed by atoms with Gasteiger partial charge in [0.1, 0.15) is 5.52 Å². The minimum atomic E-state index is -3.33. The number of nitrogens with one attached hydrogen (secondary N) is 1. The van der Waals surface area contributed by atoms with Gasteiger partial charge in [0.2, 0.25) is 0 Å². The molecule has 1 aromatic heterocycles. The van der Waals surface area contributed by atoms with Gasteiger partial charge < -0.3 is 5.32 Å². The van der Waals surface area contributed by atoms with Crippen LogP contribution in [-0.4, -0.2) is 35.6 Å². The van der Waals surface area contributed by atoms with Crippen LogP contribution in [0.25, 0.3) is 11.0 Å². The van der Waals surface area contributed by atoms with E-state index in [1.807, 2.05) is 6.92 Å². The lowest BCUT2D eigenvalue weighted by atomic mass is 10.2. The summed E-state index contributed by atoms with van der Waals surface area (Å²) >= 11 is 0. The quantitative estimate of drug-likeness (QED) is 0.782. The third kappa shape index (κ3) is 3.13. The molecule has 0 aliphatic heterocycles.